The highest BCUT2D eigenvalue weighted by Crippen LogP contribution is 2.32. The van der Waals surface area contributed by atoms with Crippen LogP contribution in [0.25, 0.3) is 21.3 Å². The number of aliphatic hydroxyl groups excluding tert-OH is 3. The largest absolute Gasteiger partial charge is 0.497 e. The first-order valence-corrected chi connectivity index (χ1v) is 11.1. The third-order valence-corrected chi connectivity index (χ3v) is 6.69. The summed E-state index contributed by atoms with van der Waals surface area (Å²) >= 11 is 1.69. The van der Waals surface area contributed by atoms with E-state index in [0.29, 0.717) is 23.5 Å². The molecule has 10 nitrogen and oxygen atoms in total. The molecule has 1 fully saturated rings. The summed E-state index contributed by atoms with van der Waals surface area (Å²) in [6.45, 7) is 0.248. The number of benzene rings is 1. The van der Waals surface area contributed by atoms with Crippen molar-refractivity contribution in [3.8, 4) is 5.75 Å². The molecular formula is C21H23N5O5S. The minimum atomic E-state index is -1.21. The number of imidazole rings is 1. The van der Waals surface area contributed by atoms with Crippen molar-refractivity contribution >= 4 is 38.4 Å². The fourth-order valence-electron chi connectivity index (χ4n) is 3.98. The van der Waals surface area contributed by atoms with E-state index in [1.54, 1.807) is 23.0 Å². The van der Waals surface area contributed by atoms with E-state index in [2.05, 4.69) is 31.7 Å². The zero-order valence-electron chi connectivity index (χ0n) is 17.3. The van der Waals surface area contributed by atoms with E-state index in [0.717, 1.165) is 12.2 Å². The summed E-state index contributed by atoms with van der Waals surface area (Å²) in [5.41, 5.74) is 2.23. The first-order chi connectivity index (χ1) is 15.6. The molecule has 0 saturated carbocycles. The van der Waals surface area contributed by atoms with Gasteiger partial charge in [0.15, 0.2) is 23.2 Å². The molecule has 4 heterocycles. The molecule has 5 rings (SSSR count). The summed E-state index contributed by atoms with van der Waals surface area (Å²) in [6, 6.07) is 6.07. The number of rotatable bonds is 7. The lowest BCUT2D eigenvalue weighted by atomic mass is 10.1. The molecule has 2 unspecified atom stereocenters. The molecule has 1 saturated heterocycles. The molecule has 0 amide bonds. The van der Waals surface area contributed by atoms with Gasteiger partial charge >= 0.3 is 0 Å². The standard InChI is InChI=1S/C21H23N5O5S/c1-30-12-2-3-13-11(8-32-15(13)6-12)4-5-22-19-16-20(24-9-23-19)26(10-25-16)21-18(29)17(28)14(7-27)31-21/h2-3,6,8-10,14,17-18,21,27-29H,4-5,7H2,1H3,(H,22,23,24)/t14-,17?,18?,21-/m1/s1. The number of hydrogen-bond donors (Lipinski definition) is 4. The van der Waals surface area contributed by atoms with Crippen LogP contribution >= 0.6 is 11.3 Å². The van der Waals surface area contributed by atoms with Gasteiger partial charge in [-0.05, 0) is 40.9 Å². The molecule has 3 aromatic heterocycles. The monoisotopic (exact) mass is 457 g/mol. The van der Waals surface area contributed by atoms with Crippen LogP contribution in [-0.2, 0) is 11.2 Å². The molecular weight excluding hydrogens is 434 g/mol. The lowest BCUT2D eigenvalue weighted by Crippen LogP contribution is -2.33. The Morgan fingerprint density at radius 2 is 2.09 bits per heavy atom. The van der Waals surface area contributed by atoms with E-state index < -0.39 is 31.1 Å². The van der Waals surface area contributed by atoms with Crippen LogP contribution in [-0.4, -0.2) is 73.4 Å². The third kappa shape index (κ3) is 3.57. The molecule has 0 radical (unpaired) electrons. The van der Waals surface area contributed by atoms with Crippen molar-refractivity contribution in [3.63, 3.8) is 0 Å². The Morgan fingerprint density at radius 3 is 2.88 bits per heavy atom. The van der Waals surface area contributed by atoms with Gasteiger partial charge in [0.1, 0.15) is 30.4 Å². The first-order valence-electron chi connectivity index (χ1n) is 10.2. The number of methoxy groups -OCH3 is 1. The van der Waals surface area contributed by atoms with Gasteiger partial charge in [-0.15, -0.1) is 11.3 Å². The number of anilines is 1. The van der Waals surface area contributed by atoms with E-state index in [9.17, 15) is 15.3 Å². The van der Waals surface area contributed by atoms with Crippen LogP contribution in [0.5, 0.6) is 5.75 Å². The Bertz CT molecular complexity index is 1240. The minimum Gasteiger partial charge on any atom is -0.497 e. The first kappa shape index (κ1) is 21.0. The maximum absolute atomic E-state index is 10.3. The molecule has 4 aromatic rings. The van der Waals surface area contributed by atoms with Gasteiger partial charge in [-0.1, -0.05) is 0 Å². The van der Waals surface area contributed by atoms with Gasteiger partial charge < -0.3 is 30.1 Å². The SMILES string of the molecule is COc1ccc2c(CCNc3ncnc4c3ncn4[C@@H]3O[C@H](CO)C(O)C3O)csc2c1. The summed E-state index contributed by atoms with van der Waals surface area (Å²) in [7, 11) is 1.66. The second-order valence-corrected chi connectivity index (χ2v) is 8.49. The fraction of sp³-hybridized carbons (Fsp3) is 0.381. The summed E-state index contributed by atoms with van der Waals surface area (Å²) < 4.78 is 13.6. The number of nitrogens with zero attached hydrogens (tertiary/aromatic N) is 4. The molecule has 1 aliphatic rings. The zero-order chi connectivity index (χ0) is 22.2. The quantitative estimate of drug-likeness (QED) is 0.324. The van der Waals surface area contributed by atoms with Crippen LogP contribution in [0.15, 0.2) is 36.2 Å². The fourth-order valence-corrected chi connectivity index (χ4v) is 5.00. The molecule has 4 N–H and O–H groups in total. The smallest absolute Gasteiger partial charge is 0.167 e. The predicted octanol–water partition coefficient (Wildman–Crippen LogP) is 1.32. The second-order valence-electron chi connectivity index (χ2n) is 7.57. The summed E-state index contributed by atoms with van der Waals surface area (Å²) in [5.74, 6) is 1.42. The number of hydrogen-bond acceptors (Lipinski definition) is 10. The van der Waals surface area contributed by atoms with Gasteiger partial charge in [0.2, 0.25) is 0 Å². The van der Waals surface area contributed by atoms with Crippen molar-refractivity contribution in [1.82, 2.24) is 19.5 Å². The van der Waals surface area contributed by atoms with E-state index in [4.69, 9.17) is 9.47 Å². The van der Waals surface area contributed by atoms with Crippen LogP contribution in [0.3, 0.4) is 0 Å². The van der Waals surface area contributed by atoms with Gasteiger partial charge in [-0.2, -0.15) is 0 Å². The lowest BCUT2D eigenvalue weighted by Gasteiger charge is -2.16. The molecule has 0 aliphatic carbocycles. The third-order valence-electron chi connectivity index (χ3n) is 5.70. The molecule has 0 bridgehead atoms. The Morgan fingerprint density at radius 1 is 1.22 bits per heavy atom. The average molecular weight is 458 g/mol. The highest BCUT2D eigenvalue weighted by atomic mass is 32.1. The topological polar surface area (TPSA) is 135 Å². The van der Waals surface area contributed by atoms with Crippen LogP contribution in [0.4, 0.5) is 5.82 Å². The maximum atomic E-state index is 10.3. The van der Waals surface area contributed by atoms with Crippen LogP contribution in [0.2, 0.25) is 0 Å². The molecule has 11 heteroatoms. The summed E-state index contributed by atoms with van der Waals surface area (Å²) in [6.07, 6.45) is -0.464. The average Bonchev–Trinajstić information content (AvgIpc) is 3.50. The zero-order valence-corrected chi connectivity index (χ0v) is 18.1. The Hall–Kier alpha value is -2.83. The van der Waals surface area contributed by atoms with E-state index in [1.807, 2.05) is 12.1 Å². The number of thiophene rings is 1. The van der Waals surface area contributed by atoms with Crippen LogP contribution in [0.1, 0.15) is 11.8 Å². The van der Waals surface area contributed by atoms with Crippen molar-refractivity contribution in [2.24, 2.45) is 0 Å². The normalized spacial score (nSPS) is 23.2. The molecule has 4 atom stereocenters. The highest BCUT2D eigenvalue weighted by Gasteiger charge is 2.44. The van der Waals surface area contributed by atoms with Crippen molar-refractivity contribution in [1.29, 1.82) is 0 Å². The number of ether oxygens (including phenoxy) is 2. The Kier molecular flexibility index (Phi) is 5.66. The number of aliphatic hydroxyl groups is 3. The number of aromatic nitrogens is 4. The highest BCUT2D eigenvalue weighted by molar-refractivity contribution is 7.17. The minimum absolute atomic E-state index is 0.396. The van der Waals surface area contributed by atoms with Gasteiger partial charge in [-0.25, -0.2) is 15.0 Å². The Labute approximate surface area is 187 Å². The molecule has 1 aromatic carbocycles. The van der Waals surface area contributed by atoms with Crippen molar-refractivity contribution < 1.29 is 24.8 Å². The van der Waals surface area contributed by atoms with E-state index in [1.165, 1.54) is 28.3 Å². The van der Waals surface area contributed by atoms with Crippen molar-refractivity contribution in [3.05, 3.63) is 41.8 Å². The molecule has 1 aliphatic heterocycles. The van der Waals surface area contributed by atoms with Gasteiger partial charge in [-0.3, -0.25) is 4.57 Å². The van der Waals surface area contributed by atoms with Gasteiger partial charge in [0.05, 0.1) is 20.0 Å². The van der Waals surface area contributed by atoms with E-state index >= 15 is 0 Å². The summed E-state index contributed by atoms with van der Waals surface area (Å²) in [5, 5.41) is 36.4. The van der Waals surface area contributed by atoms with E-state index in [-0.39, 0.29) is 0 Å². The van der Waals surface area contributed by atoms with Crippen molar-refractivity contribution in [2.75, 3.05) is 25.6 Å². The van der Waals surface area contributed by atoms with Gasteiger partial charge in [0.25, 0.3) is 0 Å². The van der Waals surface area contributed by atoms with Gasteiger partial charge in [0, 0.05) is 11.2 Å². The molecule has 0 spiro atoms. The number of fused-ring (bicyclic) bond motifs is 2. The Balaban J connectivity index is 1.33. The number of nitrogens with one attached hydrogen (secondary N) is 1. The van der Waals surface area contributed by atoms with Crippen LogP contribution in [0, 0.1) is 0 Å². The predicted molar refractivity (Wildman–Crippen MR) is 119 cm³/mol. The molecule has 168 valence electrons. The van der Waals surface area contributed by atoms with Crippen molar-refractivity contribution in [2.45, 2.75) is 31.0 Å². The van der Waals surface area contributed by atoms with Crippen LogP contribution < -0.4 is 10.1 Å². The maximum Gasteiger partial charge on any atom is 0.167 e. The summed E-state index contributed by atoms with van der Waals surface area (Å²) in [4.78, 5) is 13.0. The second kappa shape index (κ2) is 8.60. The molecule has 32 heavy (non-hydrogen) atoms. The lowest BCUT2D eigenvalue weighted by molar-refractivity contribution is -0.0511.